The van der Waals surface area contributed by atoms with Crippen LogP contribution < -0.4 is 5.32 Å². The molecule has 2 heterocycles. The van der Waals surface area contributed by atoms with Crippen molar-refractivity contribution in [2.24, 2.45) is 0 Å². The van der Waals surface area contributed by atoms with Gasteiger partial charge in [-0.3, -0.25) is 4.98 Å². The van der Waals surface area contributed by atoms with E-state index in [9.17, 15) is 9.90 Å². The summed E-state index contributed by atoms with van der Waals surface area (Å²) in [5.41, 5.74) is 2.73. The Morgan fingerprint density at radius 2 is 2.15 bits per heavy atom. The highest BCUT2D eigenvalue weighted by Crippen LogP contribution is 2.26. The number of nitrogens with zero attached hydrogens (tertiary/aromatic N) is 1. The topological polar surface area (TPSA) is 62.2 Å². The average molecular weight is 284 g/mol. The second kappa shape index (κ2) is 5.30. The molecule has 0 atom stereocenters. The first kappa shape index (κ1) is 12.6. The van der Waals surface area contributed by atoms with Crippen molar-refractivity contribution in [1.29, 1.82) is 0 Å². The molecule has 0 spiro atoms. The highest BCUT2D eigenvalue weighted by Gasteiger charge is 2.14. The number of carbonyl (C=O) groups is 1. The third kappa shape index (κ3) is 2.35. The van der Waals surface area contributed by atoms with Crippen LogP contribution in [-0.4, -0.2) is 16.1 Å². The van der Waals surface area contributed by atoms with Crippen molar-refractivity contribution < 1.29 is 9.90 Å². The zero-order valence-electron chi connectivity index (χ0n) is 10.5. The molecule has 5 heteroatoms. The van der Waals surface area contributed by atoms with Gasteiger partial charge in [-0.05, 0) is 28.5 Å². The number of thiophene rings is 1. The number of pyridine rings is 1. The number of rotatable bonds is 4. The molecular formula is C15H12N2O2S. The van der Waals surface area contributed by atoms with Crippen LogP contribution in [0.15, 0.2) is 47.3 Å². The van der Waals surface area contributed by atoms with Crippen LogP contribution in [0.1, 0.15) is 15.9 Å². The lowest BCUT2D eigenvalue weighted by Gasteiger charge is -2.11. The lowest BCUT2D eigenvalue weighted by Crippen LogP contribution is -2.07. The number of fused-ring (bicyclic) bond motifs is 1. The highest BCUT2D eigenvalue weighted by atomic mass is 32.1. The summed E-state index contributed by atoms with van der Waals surface area (Å²) < 4.78 is 0. The Morgan fingerprint density at radius 3 is 2.90 bits per heavy atom. The maximum atomic E-state index is 11.3. The van der Waals surface area contributed by atoms with E-state index in [1.165, 1.54) is 6.20 Å². The van der Waals surface area contributed by atoms with Crippen molar-refractivity contribution in [2.45, 2.75) is 6.54 Å². The van der Waals surface area contributed by atoms with E-state index in [0.717, 1.165) is 16.5 Å². The summed E-state index contributed by atoms with van der Waals surface area (Å²) >= 11 is 1.62. The van der Waals surface area contributed by atoms with E-state index in [1.807, 2.05) is 41.1 Å². The molecule has 0 bridgehead atoms. The molecule has 0 fully saturated rings. The summed E-state index contributed by atoms with van der Waals surface area (Å²) in [6.45, 7) is 0.595. The van der Waals surface area contributed by atoms with Crippen LogP contribution in [0, 0.1) is 0 Å². The Bertz CT molecular complexity index is 754. The molecule has 0 aliphatic heterocycles. The number of aromatic carboxylic acids is 1. The van der Waals surface area contributed by atoms with E-state index in [4.69, 9.17) is 0 Å². The number of para-hydroxylation sites is 1. The number of benzene rings is 1. The molecule has 0 aliphatic carbocycles. The van der Waals surface area contributed by atoms with Gasteiger partial charge in [0.15, 0.2) is 0 Å². The van der Waals surface area contributed by atoms with Crippen LogP contribution in [0.25, 0.3) is 10.9 Å². The Kier molecular flexibility index (Phi) is 3.35. The summed E-state index contributed by atoms with van der Waals surface area (Å²) in [5, 5.41) is 17.4. The predicted octanol–water partition coefficient (Wildman–Crippen LogP) is 3.61. The Labute approximate surface area is 119 Å². The van der Waals surface area contributed by atoms with Gasteiger partial charge in [0.2, 0.25) is 0 Å². The second-order valence-electron chi connectivity index (χ2n) is 4.35. The predicted molar refractivity (Wildman–Crippen MR) is 80.3 cm³/mol. The SMILES string of the molecule is O=C(O)c1cnc2ccccc2c1NCc1ccsc1. The van der Waals surface area contributed by atoms with Crippen LogP contribution in [0.5, 0.6) is 0 Å². The van der Waals surface area contributed by atoms with E-state index in [0.29, 0.717) is 12.2 Å². The number of hydrogen-bond acceptors (Lipinski definition) is 4. The summed E-state index contributed by atoms with van der Waals surface area (Å²) in [5.74, 6) is -0.976. The van der Waals surface area contributed by atoms with Gasteiger partial charge in [-0.25, -0.2) is 4.79 Å². The lowest BCUT2D eigenvalue weighted by atomic mass is 10.1. The lowest BCUT2D eigenvalue weighted by molar-refractivity contribution is 0.0697. The molecule has 0 saturated carbocycles. The molecule has 0 saturated heterocycles. The number of carboxylic acid groups (broad SMARTS) is 1. The molecule has 2 N–H and O–H groups in total. The van der Waals surface area contributed by atoms with Crippen molar-refractivity contribution >= 4 is 33.9 Å². The molecule has 3 rings (SSSR count). The maximum absolute atomic E-state index is 11.3. The minimum Gasteiger partial charge on any atom is -0.478 e. The molecule has 0 unspecified atom stereocenters. The first-order chi connectivity index (χ1) is 9.75. The van der Waals surface area contributed by atoms with Gasteiger partial charge in [0.05, 0.1) is 11.2 Å². The van der Waals surface area contributed by atoms with Crippen molar-refractivity contribution in [1.82, 2.24) is 4.98 Å². The molecule has 100 valence electrons. The Morgan fingerprint density at radius 1 is 1.30 bits per heavy atom. The number of hydrogen-bond donors (Lipinski definition) is 2. The molecule has 4 nitrogen and oxygen atoms in total. The van der Waals surface area contributed by atoms with Crippen molar-refractivity contribution in [3.05, 3.63) is 58.4 Å². The summed E-state index contributed by atoms with van der Waals surface area (Å²) in [6, 6.07) is 9.53. The fraction of sp³-hybridized carbons (Fsp3) is 0.0667. The fourth-order valence-corrected chi connectivity index (χ4v) is 2.75. The van der Waals surface area contributed by atoms with Crippen LogP contribution in [-0.2, 0) is 6.54 Å². The number of aromatic nitrogens is 1. The fourth-order valence-electron chi connectivity index (χ4n) is 2.08. The van der Waals surface area contributed by atoms with Crippen molar-refractivity contribution in [2.75, 3.05) is 5.32 Å². The number of anilines is 1. The molecule has 0 aliphatic rings. The molecule has 0 radical (unpaired) electrons. The van der Waals surface area contributed by atoms with E-state index in [-0.39, 0.29) is 5.56 Å². The zero-order valence-corrected chi connectivity index (χ0v) is 11.4. The van der Waals surface area contributed by atoms with Crippen LogP contribution in [0.2, 0.25) is 0 Å². The van der Waals surface area contributed by atoms with Crippen LogP contribution >= 0.6 is 11.3 Å². The van der Waals surface area contributed by atoms with Crippen molar-refractivity contribution in [3.63, 3.8) is 0 Å². The summed E-state index contributed by atoms with van der Waals surface area (Å²) in [7, 11) is 0. The van der Waals surface area contributed by atoms with E-state index < -0.39 is 5.97 Å². The molecule has 1 aromatic carbocycles. The second-order valence-corrected chi connectivity index (χ2v) is 5.13. The quantitative estimate of drug-likeness (QED) is 0.768. The van der Waals surface area contributed by atoms with E-state index in [2.05, 4.69) is 10.3 Å². The third-order valence-corrected chi connectivity index (χ3v) is 3.79. The van der Waals surface area contributed by atoms with Gasteiger partial charge in [0.25, 0.3) is 0 Å². The monoisotopic (exact) mass is 284 g/mol. The Hall–Kier alpha value is -2.40. The zero-order chi connectivity index (χ0) is 13.9. The van der Waals surface area contributed by atoms with Gasteiger partial charge in [0, 0.05) is 18.1 Å². The summed E-state index contributed by atoms with van der Waals surface area (Å²) in [4.78, 5) is 15.5. The van der Waals surface area contributed by atoms with Gasteiger partial charge in [-0.1, -0.05) is 18.2 Å². The van der Waals surface area contributed by atoms with E-state index in [1.54, 1.807) is 11.3 Å². The van der Waals surface area contributed by atoms with Gasteiger partial charge in [-0.15, -0.1) is 0 Å². The standard InChI is InChI=1S/C15H12N2O2S/c18-15(19)12-8-16-13-4-2-1-3-11(13)14(12)17-7-10-5-6-20-9-10/h1-6,8-9H,7H2,(H,16,17)(H,18,19). The first-order valence-corrected chi connectivity index (χ1v) is 7.06. The molecular weight excluding hydrogens is 272 g/mol. The Balaban J connectivity index is 2.05. The first-order valence-electron chi connectivity index (χ1n) is 6.11. The third-order valence-electron chi connectivity index (χ3n) is 3.06. The van der Waals surface area contributed by atoms with Crippen LogP contribution in [0.3, 0.4) is 0 Å². The molecule has 2 aromatic heterocycles. The maximum Gasteiger partial charge on any atom is 0.339 e. The minimum atomic E-state index is -0.976. The largest absolute Gasteiger partial charge is 0.478 e. The number of carboxylic acids is 1. The van der Waals surface area contributed by atoms with Crippen LogP contribution in [0.4, 0.5) is 5.69 Å². The molecule has 3 aromatic rings. The van der Waals surface area contributed by atoms with Crippen molar-refractivity contribution in [3.8, 4) is 0 Å². The summed E-state index contributed by atoms with van der Waals surface area (Å²) in [6.07, 6.45) is 1.40. The smallest absolute Gasteiger partial charge is 0.339 e. The molecule has 20 heavy (non-hydrogen) atoms. The van der Waals surface area contributed by atoms with Gasteiger partial charge < -0.3 is 10.4 Å². The van der Waals surface area contributed by atoms with Gasteiger partial charge >= 0.3 is 5.97 Å². The van der Waals surface area contributed by atoms with E-state index >= 15 is 0 Å². The molecule has 0 amide bonds. The van der Waals surface area contributed by atoms with Gasteiger partial charge in [0.1, 0.15) is 5.56 Å². The minimum absolute atomic E-state index is 0.193. The highest BCUT2D eigenvalue weighted by molar-refractivity contribution is 7.07. The number of nitrogens with one attached hydrogen (secondary N) is 1. The average Bonchev–Trinajstić information content (AvgIpc) is 2.97. The normalized spacial score (nSPS) is 10.6. The van der Waals surface area contributed by atoms with Gasteiger partial charge in [-0.2, -0.15) is 11.3 Å².